The minimum atomic E-state index is -0.366. The van der Waals surface area contributed by atoms with Gasteiger partial charge in [0.05, 0.1) is 20.3 Å². The molecule has 0 spiro atoms. The molecular formula is C14H20N2O3. The number of likely N-dealkylation sites (tertiary alicyclic amines) is 1. The van der Waals surface area contributed by atoms with Crippen molar-refractivity contribution in [2.45, 2.75) is 19.0 Å². The molecule has 1 aromatic carbocycles. The first kappa shape index (κ1) is 13.7. The molecule has 1 aliphatic heterocycles. The van der Waals surface area contributed by atoms with Crippen LogP contribution in [0, 0.1) is 0 Å². The van der Waals surface area contributed by atoms with Crippen LogP contribution in [0.1, 0.15) is 18.5 Å². The Hall–Kier alpha value is -1.75. The van der Waals surface area contributed by atoms with Gasteiger partial charge in [-0.3, -0.25) is 4.90 Å². The molecule has 0 radical (unpaired) electrons. The highest BCUT2D eigenvalue weighted by Gasteiger charge is 2.32. The third-order valence-electron chi connectivity index (χ3n) is 3.55. The van der Waals surface area contributed by atoms with Gasteiger partial charge in [0.15, 0.2) is 0 Å². The van der Waals surface area contributed by atoms with Crippen LogP contribution in [-0.2, 0) is 4.74 Å². The van der Waals surface area contributed by atoms with E-state index < -0.39 is 0 Å². The molecule has 104 valence electrons. The first-order chi connectivity index (χ1) is 9.15. The average Bonchev–Trinajstić information content (AvgIpc) is 2.41. The van der Waals surface area contributed by atoms with E-state index in [0.29, 0.717) is 0 Å². The summed E-state index contributed by atoms with van der Waals surface area (Å²) in [6, 6.07) is 8.46. The minimum absolute atomic E-state index is 0.171. The minimum Gasteiger partial charge on any atom is -0.496 e. The van der Waals surface area contributed by atoms with Crippen molar-refractivity contribution >= 4 is 6.09 Å². The normalized spacial score (nSPS) is 17.4. The Balaban J connectivity index is 1.92. The number of nitrogens with zero attached hydrogens (tertiary/aromatic N) is 1. The molecule has 19 heavy (non-hydrogen) atoms. The number of hydrogen-bond donors (Lipinski definition) is 1. The zero-order chi connectivity index (χ0) is 13.8. The SMILES string of the molecule is COC(=O)NC1CN([C@@H](C)c2ccccc2OC)C1. The molecule has 1 N–H and O–H groups in total. The maximum Gasteiger partial charge on any atom is 0.407 e. The molecule has 0 bridgehead atoms. The van der Waals surface area contributed by atoms with Crippen LogP contribution in [0.4, 0.5) is 4.79 Å². The van der Waals surface area contributed by atoms with Crippen LogP contribution >= 0.6 is 0 Å². The number of ether oxygens (including phenoxy) is 2. The summed E-state index contributed by atoms with van der Waals surface area (Å²) in [5.74, 6) is 0.902. The number of carbonyl (C=O) groups excluding carboxylic acids is 1. The topological polar surface area (TPSA) is 50.8 Å². The van der Waals surface area contributed by atoms with E-state index in [4.69, 9.17) is 4.74 Å². The van der Waals surface area contributed by atoms with Crippen LogP contribution in [0.5, 0.6) is 5.75 Å². The molecule has 1 aliphatic rings. The van der Waals surface area contributed by atoms with Gasteiger partial charge in [0.25, 0.3) is 0 Å². The molecule has 1 amide bonds. The second-order valence-electron chi connectivity index (χ2n) is 4.70. The van der Waals surface area contributed by atoms with Gasteiger partial charge in [0.2, 0.25) is 0 Å². The lowest BCUT2D eigenvalue weighted by molar-refractivity contribution is 0.0771. The van der Waals surface area contributed by atoms with E-state index in [1.54, 1.807) is 7.11 Å². The van der Waals surface area contributed by atoms with E-state index in [1.165, 1.54) is 12.7 Å². The zero-order valence-electron chi connectivity index (χ0n) is 11.6. The van der Waals surface area contributed by atoms with E-state index in [2.05, 4.69) is 27.9 Å². The molecule has 5 nitrogen and oxygen atoms in total. The molecule has 1 fully saturated rings. The fourth-order valence-electron chi connectivity index (χ4n) is 2.35. The van der Waals surface area contributed by atoms with Crippen molar-refractivity contribution in [3.05, 3.63) is 29.8 Å². The molecule has 0 unspecified atom stereocenters. The summed E-state index contributed by atoms with van der Waals surface area (Å²) in [6.45, 7) is 3.80. The second kappa shape index (κ2) is 5.93. The quantitative estimate of drug-likeness (QED) is 0.901. The molecule has 0 saturated carbocycles. The lowest BCUT2D eigenvalue weighted by atomic mass is 10.00. The molecule has 1 atom stereocenters. The van der Waals surface area contributed by atoms with E-state index in [1.807, 2.05) is 18.2 Å². The maximum atomic E-state index is 11.1. The van der Waals surface area contributed by atoms with E-state index in [0.717, 1.165) is 18.8 Å². The number of hydrogen-bond acceptors (Lipinski definition) is 4. The van der Waals surface area contributed by atoms with Gasteiger partial charge in [-0.1, -0.05) is 18.2 Å². The van der Waals surface area contributed by atoms with Crippen molar-refractivity contribution in [2.24, 2.45) is 0 Å². The van der Waals surface area contributed by atoms with Crippen molar-refractivity contribution in [1.82, 2.24) is 10.2 Å². The third kappa shape index (κ3) is 2.98. The third-order valence-corrected chi connectivity index (χ3v) is 3.55. The molecule has 5 heteroatoms. The standard InChI is InChI=1S/C14H20N2O3/c1-10(12-6-4-5-7-13(12)18-2)16-8-11(9-16)15-14(17)19-3/h4-7,10-11H,8-9H2,1-3H3,(H,15,17)/t10-/m0/s1. The number of methoxy groups -OCH3 is 2. The van der Waals surface area contributed by atoms with Crippen LogP contribution in [0.3, 0.4) is 0 Å². The van der Waals surface area contributed by atoms with Gasteiger partial charge < -0.3 is 14.8 Å². The van der Waals surface area contributed by atoms with Gasteiger partial charge in [-0.05, 0) is 13.0 Å². The fourth-order valence-corrected chi connectivity index (χ4v) is 2.35. The van der Waals surface area contributed by atoms with Crippen molar-refractivity contribution in [2.75, 3.05) is 27.3 Å². The van der Waals surface area contributed by atoms with Crippen molar-refractivity contribution < 1.29 is 14.3 Å². The Morgan fingerprint density at radius 3 is 2.68 bits per heavy atom. The number of nitrogens with one attached hydrogen (secondary N) is 1. The van der Waals surface area contributed by atoms with Gasteiger partial charge in [-0.15, -0.1) is 0 Å². The van der Waals surface area contributed by atoms with Crippen LogP contribution in [-0.4, -0.2) is 44.3 Å². The van der Waals surface area contributed by atoms with Crippen LogP contribution in [0.25, 0.3) is 0 Å². The first-order valence-corrected chi connectivity index (χ1v) is 6.37. The number of amides is 1. The Morgan fingerprint density at radius 2 is 2.05 bits per heavy atom. The summed E-state index contributed by atoms with van der Waals surface area (Å²) < 4.78 is 9.96. The Kier molecular flexibility index (Phi) is 4.27. The van der Waals surface area contributed by atoms with Crippen LogP contribution in [0.15, 0.2) is 24.3 Å². The van der Waals surface area contributed by atoms with Crippen molar-refractivity contribution in [3.63, 3.8) is 0 Å². The average molecular weight is 264 g/mol. The predicted octanol–water partition coefficient (Wildman–Crippen LogP) is 1.80. The predicted molar refractivity (Wildman–Crippen MR) is 72.3 cm³/mol. The van der Waals surface area contributed by atoms with Gasteiger partial charge >= 0.3 is 6.09 Å². The summed E-state index contributed by atoms with van der Waals surface area (Å²) >= 11 is 0. The lowest BCUT2D eigenvalue weighted by Gasteiger charge is -2.43. The van der Waals surface area contributed by atoms with Crippen molar-refractivity contribution in [3.8, 4) is 5.75 Å². The molecule has 0 aromatic heterocycles. The monoisotopic (exact) mass is 264 g/mol. The Bertz CT molecular complexity index is 444. The summed E-state index contributed by atoms with van der Waals surface area (Å²) in [5.41, 5.74) is 1.17. The number of rotatable bonds is 4. The van der Waals surface area contributed by atoms with E-state index >= 15 is 0 Å². The second-order valence-corrected chi connectivity index (χ2v) is 4.70. The van der Waals surface area contributed by atoms with Crippen molar-refractivity contribution in [1.29, 1.82) is 0 Å². The van der Waals surface area contributed by atoms with Gasteiger partial charge in [0, 0.05) is 24.7 Å². The van der Waals surface area contributed by atoms with Crippen LogP contribution in [0.2, 0.25) is 0 Å². The van der Waals surface area contributed by atoms with E-state index in [-0.39, 0.29) is 18.2 Å². The Labute approximate surface area is 113 Å². The highest BCUT2D eigenvalue weighted by molar-refractivity contribution is 5.67. The van der Waals surface area contributed by atoms with Gasteiger partial charge in [0.1, 0.15) is 5.75 Å². The number of benzene rings is 1. The summed E-state index contributed by atoms with van der Waals surface area (Å²) in [6.07, 6.45) is -0.366. The largest absolute Gasteiger partial charge is 0.496 e. The highest BCUT2D eigenvalue weighted by atomic mass is 16.5. The lowest BCUT2D eigenvalue weighted by Crippen LogP contribution is -2.59. The summed E-state index contributed by atoms with van der Waals surface area (Å²) in [7, 11) is 3.06. The molecule has 2 rings (SSSR count). The summed E-state index contributed by atoms with van der Waals surface area (Å²) in [5, 5.41) is 2.80. The molecule has 1 aromatic rings. The molecule has 0 aliphatic carbocycles. The fraction of sp³-hybridized carbons (Fsp3) is 0.500. The molecule has 1 saturated heterocycles. The summed E-state index contributed by atoms with van der Waals surface area (Å²) in [4.78, 5) is 13.4. The number of alkyl carbamates (subject to hydrolysis) is 1. The van der Waals surface area contributed by atoms with Crippen LogP contribution < -0.4 is 10.1 Å². The smallest absolute Gasteiger partial charge is 0.407 e. The number of para-hydroxylation sites is 1. The number of carbonyl (C=O) groups is 1. The first-order valence-electron chi connectivity index (χ1n) is 6.37. The van der Waals surface area contributed by atoms with E-state index in [9.17, 15) is 4.79 Å². The Morgan fingerprint density at radius 1 is 1.37 bits per heavy atom. The highest BCUT2D eigenvalue weighted by Crippen LogP contribution is 2.31. The van der Waals surface area contributed by atoms with Gasteiger partial charge in [-0.25, -0.2) is 4.79 Å². The maximum absolute atomic E-state index is 11.1. The zero-order valence-corrected chi connectivity index (χ0v) is 11.6. The molecule has 1 heterocycles. The molecular weight excluding hydrogens is 244 g/mol. The van der Waals surface area contributed by atoms with Gasteiger partial charge in [-0.2, -0.15) is 0 Å².